The lowest BCUT2D eigenvalue weighted by Crippen LogP contribution is -2.16. The Morgan fingerprint density at radius 2 is 2.06 bits per heavy atom. The minimum absolute atomic E-state index is 0.214. The summed E-state index contributed by atoms with van der Waals surface area (Å²) in [6.45, 7) is 4.48. The molecule has 1 aliphatic heterocycles. The Bertz CT molecular complexity index is 497. The number of benzene rings is 1. The van der Waals surface area contributed by atoms with Gasteiger partial charge in [-0.1, -0.05) is 43.8 Å². The molecule has 1 aromatic rings. The fraction of sp³-hybridized carbons (Fsp3) is 0.286. The molecule has 0 atom stereocenters. The zero-order valence-corrected chi connectivity index (χ0v) is 10.3. The number of hydrogen-bond acceptors (Lipinski definition) is 2. The van der Waals surface area contributed by atoms with Crippen LogP contribution < -0.4 is 4.74 Å². The molecule has 1 nitrogen and oxygen atoms in total. The number of hydrogen-bond donors (Lipinski definition) is 0. The van der Waals surface area contributed by atoms with Crippen molar-refractivity contribution in [3.63, 3.8) is 0 Å². The van der Waals surface area contributed by atoms with Gasteiger partial charge in [0.25, 0.3) is 0 Å². The van der Waals surface area contributed by atoms with Crippen molar-refractivity contribution < 1.29 is 4.74 Å². The lowest BCUT2D eigenvalue weighted by Gasteiger charge is -2.30. The van der Waals surface area contributed by atoms with Gasteiger partial charge in [-0.15, -0.1) is 0 Å². The van der Waals surface area contributed by atoms with Crippen molar-refractivity contribution in [3.8, 4) is 5.75 Å². The summed E-state index contributed by atoms with van der Waals surface area (Å²) in [6, 6.07) is 8.21. The van der Waals surface area contributed by atoms with Crippen molar-refractivity contribution in [2.24, 2.45) is 5.41 Å². The predicted octanol–water partition coefficient (Wildman–Crippen LogP) is 4.37. The largest absolute Gasteiger partial charge is 0.455 e. The van der Waals surface area contributed by atoms with Gasteiger partial charge in [-0.05, 0) is 30.0 Å². The van der Waals surface area contributed by atoms with Gasteiger partial charge in [0, 0.05) is 0 Å². The monoisotopic (exact) mass is 230 g/mol. The van der Waals surface area contributed by atoms with Gasteiger partial charge in [0.1, 0.15) is 11.5 Å². The van der Waals surface area contributed by atoms with Crippen LogP contribution in [0.15, 0.2) is 52.0 Å². The normalized spacial score (nSPS) is 21.1. The van der Waals surface area contributed by atoms with Crippen LogP contribution in [0.4, 0.5) is 0 Å². The molecule has 3 rings (SSSR count). The Kier molecular flexibility index (Phi) is 2.15. The summed E-state index contributed by atoms with van der Waals surface area (Å²) in [6.07, 6.45) is 5.62. The molecule has 0 spiro atoms. The molecular weight excluding hydrogens is 216 g/mol. The molecule has 0 unspecified atom stereocenters. The van der Waals surface area contributed by atoms with E-state index < -0.39 is 0 Å². The number of thioether (sulfide) groups is 1. The third-order valence-corrected chi connectivity index (χ3v) is 4.01. The summed E-state index contributed by atoms with van der Waals surface area (Å²) < 4.78 is 5.94. The molecule has 1 aromatic carbocycles. The van der Waals surface area contributed by atoms with Gasteiger partial charge < -0.3 is 4.74 Å². The molecule has 2 aliphatic rings. The lowest BCUT2D eigenvalue weighted by molar-refractivity contribution is 0.387. The van der Waals surface area contributed by atoms with Crippen LogP contribution in [0.5, 0.6) is 5.75 Å². The number of para-hydroxylation sites is 1. The molecule has 16 heavy (non-hydrogen) atoms. The maximum Gasteiger partial charge on any atom is 0.141 e. The van der Waals surface area contributed by atoms with E-state index in [1.165, 1.54) is 9.80 Å². The molecule has 0 saturated heterocycles. The Balaban J connectivity index is 2.04. The summed E-state index contributed by atoms with van der Waals surface area (Å²) in [5, 5.41) is 0. The molecule has 82 valence electrons. The molecular formula is C14H14OS. The molecule has 0 amide bonds. The smallest absolute Gasteiger partial charge is 0.141 e. The van der Waals surface area contributed by atoms with Gasteiger partial charge in [-0.3, -0.25) is 0 Å². The Morgan fingerprint density at radius 1 is 1.25 bits per heavy atom. The van der Waals surface area contributed by atoms with Crippen molar-refractivity contribution in [2.45, 2.75) is 25.2 Å². The van der Waals surface area contributed by atoms with Crippen molar-refractivity contribution in [3.05, 3.63) is 47.1 Å². The fourth-order valence-corrected chi connectivity index (χ4v) is 2.93. The first kappa shape index (κ1) is 10.0. The fourth-order valence-electron chi connectivity index (χ4n) is 1.97. The highest BCUT2D eigenvalue weighted by atomic mass is 32.2. The summed E-state index contributed by atoms with van der Waals surface area (Å²) in [5.74, 6) is 2.01. The van der Waals surface area contributed by atoms with E-state index in [-0.39, 0.29) is 5.41 Å². The Labute approximate surface area is 100 Å². The molecule has 0 N–H and O–H groups in total. The molecule has 1 aliphatic carbocycles. The molecule has 0 saturated carbocycles. The second-order valence-electron chi connectivity index (χ2n) is 4.92. The van der Waals surface area contributed by atoms with Crippen molar-refractivity contribution in [1.29, 1.82) is 0 Å². The molecule has 0 aromatic heterocycles. The van der Waals surface area contributed by atoms with Crippen molar-refractivity contribution >= 4 is 11.8 Å². The van der Waals surface area contributed by atoms with E-state index in [4.69, 9.17) is 4.74 Å². The van der Waals surface area contributed by atoms with Gasteiger partial charge in [0.05, 0.1) is 9.80 Å². The number of rotatable bonds is 0. The van der Waals surface area contributed by atoms with Crippen LogP contribution in [0.3, 0.4) is 0 Å². The van der Waals surface area contributed by atoms with Crippen LogP contribution in [0.25, 0.3) is 0 Å². The zero-order chi connectivity index (χ0) is 11.2. The average Bonchev–Trinajstić information content (AvgIpc) is 2.25. The zero-order valence-electron chi connectivity index (χ0n) is 9.49. The number of allylic oxidation sites excluding steroid dienone is 2. The molecule has 2 heteroatoms. The van der Waals surface area contributed by atoms with Crippen LogP contribution in [0.1, 0.15) is 20.3 Å². The third-order valence-electron chi connectivity index (χ3n) is 2.87. The number of ether oxygens (including phenoxy) is 1. The highest BCUT2D eigenvalue weighted by molar-refractivity contribution is 8.03. The summed E-state index contributed by atoms with van der Waals surface area (Å²) in [7, 11) is 0. The van der Waals surface area contributed by atoms with Crippen LogP contribution >= 0.6 is 11.8 Å². The van der Waals surface area contributed by atoms with E-state index in [1.54, 1.807) is 0 Å². The van der Waals surface area contributed by atoms with Crippen molar-refractivity contribution in [2.75, 3.05) is 0 Å². The van der Waals surface area contributed by atoms with E-state index in [9.17, 15) is 0 Å². The van der Waals surface area contributed by atoms with E-state index in [1.807, 2.05) is 23.9 Å². The first-order valence-electron chi connectivity index (χ1n) is 5.52. The summed E-state index contributed by atoms with van der Waals surface area (Å²) in [5.41, 5.74) is 0.214. The first-order chi connectivity index (χ1) is 7.64. The minimum atomic E-state index is 0.214. The van der Waals surface area contributed by atoms with Gasteiger partial charge in [0.15, 0.2) is 0 Å². The minimum Gasteiger partial charge on any atom is -0.455 e. The standard InChI is InChI=1S/C14H14OS/c1-14(2)8-7-13-11(9-14)15-10-5-3-4-6-12(10)16-13/h3-7,9H,8H2,1-2H3. The highest BCUT2D eigenvalue weighted by Gasteiger charge is 2.27. The second-order valence-corrected chi connectivity index (χ2v) is 6.00. The van der Waals surface area contributed by atoms with E-state index in [0.29, 0.717) is 0 Å². The van der Waals surface area contributed by atoms with Crippen LogP contribution in [-0.4, -0.2) is 0 Å². The Morgan fingerprint density at radius 3 is 2.94 bits per heavy atom. The van der Waals surface area contributed by atoms with E-state index in [2.05, 4.69) is 38.1 Å². The maximum absolute atomic E-state index is 5.94. The van der Waals surface area contributed by atoms with Crippen LogP contribution in [-0.2, 0) is 0 Å². The first-order valence-corrected chi connectivity index (χ1v) is 6.34. The molecule has 0 radical (unpaired) electrons. The lowest BCUT2D eigenvalue weighted by atomic mass is 9.85. The average molecular weight is 230 g/mol. The SMILES string of the molecule is CC1(C)C=C2Oc3ccccc3SC2=CC1. The quantitative estimate of drug-likeness (QED) is 0.654. The van der Waals surface area contributed by atoms with Gasteiger partial charge in [0.2, 0.25) is 0 Å². The highest BCUT2D eigenvalue weighted by Crippen LogP contribution is 2.47. The second kappa shape index (κ2) is 3.42. The number of fused-ring (bicyclic) bond motifs is 2. The van der Waals surface area contributed by atoms with Crippen molar-refractivity contribution in [1.82, 2.24) is 0 Å². The summed E-state index contributed by atoms with van der Waals surface area (Å²) >= 11 is 1.81. The van der Waals surface area contributed by atoms with Gasteiger partial charge in [-0.2, -0.15) is 0 Å². The molecule has 1 heterocycles. The molecule has 0 fully saturated rings. The Hall–Kier alpha value is -1.15. The third kappa shape index (κ3) is 1.67. The van der Waals surface area contributed by atoms with Crippen LogP contribution in [0.2, 0.25) is 0 Å². The predicted molar refractivity (Wildman–Crippen MR) is 67.5 cm³/mol. The molecule has 0 bridgehead atoms. The topological polar surface area (TPSA) is 9.23 Å². The van der Waals surface area contributed by atoms with Gasteiger partial charge >= 0.3 is 0 Å². The van der Waals surface area contributed by atoms with Crippen LogP contribution in [0, 0.1) is 5.41 Å². The van der Waals surface area contributed by atoms with E-state index in [0.717, 1.165) is 17.9 Å². The summed E-state index contributed by atoms with van der Waals surface area (Å²) in [4.78, 5) is 2.48. The van der Waals surface area contributed by atoms with E-state index >= 15 is 0 Å². The maximum atomic E-state index is 5.94. The van der Waals surface area contributed by atoms with Gasteiger partial charge in [-0.25, -0.2) is 0 Å².